The average molecular weight is 422 g/mol. The van der Waals surface area contributed by atoms with Crippen LogP contribution in [0.2, 0.25) is 0 Å². The number of hydrogen-bond donors (Lipinski definition) is 1. The monoisotopic (exact) mass is 421 g/mol. The number of rotatable bonds is 9. The van der Waals surface area contributed by atoms with Gasteiger partial charge in [-0.2, -0.15) is 0 Å². The van der Waals surface area contributed by atoms with E-state index >= 15 is 0 Å². The molecule has 0 aliphatic carbocycles. The summed E-state index contributed by atoms with van der Waals surface area (Å²) in [6.07, 6.45) is 0.139. The molecule has 0 aliphatic rings. The molecule has 5 nitrogen and oxygen atoms in total. The van der Waals surface area contributed by atoms with Crippen molar-refractivity contribution >= 4 is 21.8 Å². The van der Waals surface area contributed by atoms with Crippen LogP contribution >= 0.6 is 15.9 Å². The standard InChI is InChI=1S/C20H24BrNO4/c1-14(2)26-17-7-4-15(5-8-17)13-22-20(23)16-6-9-19(18(21)12-16)25-11-10-24-3/h4-9,12,14H,10-11,13H2,1-3H3,(H,22,23). The Morgan fingerprint density at radius 2 is 1.85 bits per heavy atom. The van der Waals surface area contributed by atoms with Crippen molar-refractivity contribution in [2.75, 3.05) is 20.3 Å². The first-order valence-corrected chi connectivity index (χ1v) is 9.24. The molecule has 26 heavy (non-hydrogen) atoms. The number of nitrogens with one attached hydrogen (secondary N) is 1. The van der Waals surface area contributed by atoms with Crippen LogP contribution in [-0.4, -0.2) is 32.3 Å². The first-order valence-electron chi connectivity index (χ1n) is 8.44. The molecule has 0 aromatic heterocycles. The van der Waals surface area contributed by atoms with Gasteiger partial charge in [0.25, 0.3) is 5.91 Å². The summed E-state index contributed by atoms with van der Waals surface area (Å²) in [5.41, 5.74) is 1.57. The molecule has 2 aromatic rings. The van der Waals surface area contributed by atoms with Gasteiger partial charge in [-0.15, -0.1) is 0 Å². The molecular formula is C20H24BrNO4. The molecule has 140 valence electrons. The minimum Gasteiger partial charge on any atom is -0.491 e. The van der Waals surface area contributed by atoms with E-state index in [0.717, 1.165) is 15.8 Å². The summed E-state index contributed by atoms with van der Waals surface area (Å²) in [6.45, 7) is 5.39. The number of methoxy groups -OCH3 is 1. The maximum atomic E-state index is 12.3. The fraction of sp³-hybridized carbons (Fsp3) is 0.350. The molecule has 6 heteroatoms. The van der Waals surface area contributed by atoms with E-state index in [1.165, 1.54) is 0 Å². The lowest BCUT2D eigenvalue weighted by Crippen LogP contribution is -2.22. The molecule has 1 amide bonds. The van der Waals surface area contributed by atoms with E-state index in [1.54, 1.807) is 25.3 Å². The number of amides is 1. The minimum atomic E-state index is -0.142. The van der Waals surface area contributed by atoms with Crippen LogP contribution in [0.1, 0.15) is 29.8 Å². The zero-order valence-corrected chi connectivity index (χ0v) is 16.8. The van der Waals surface area contributed by atoms with Gasteiger partial charge in [0.1, 0.15) is 18.1 Å². The third-order valence-electron chi connectivity index (χ3n) is 3.49. The third-order valence-corrected chi connectivity index (χ3v) is 4.11. The lowest BCUT2D eigenvalue weighted by Gasteiger charge is -2.11. The topological polar surface area (TPSA) is 56.8 Å². The van der Waals surface area contributed by atoms with Crippen molar-refractivity contribution in [1.29, 1.82) is 0 Å². The van der Waals surface area contributed by atoms with Crippen molar-refractivity contribution in [3.05, 3.63) is 58.1 Å². The van der Waals surface area contributed by atoms with Gasteiger partial charge in [0.2, 0.25) is 0 Å². The predicted molar refractivity (Wildman–Crippen MR) is 105 cm³/mol. The lowest BCUT2D eigenvalue weighted by atomic mass is 10.2. The Bertz CT molecular complexity index is 716. The van der Waals surface area contributed by atoms with Gasteiger partial charge in [-0.05, 0) is 65.7 Å². The summed E-state index contributed by atoms with van der Waals surface area (Å²) in [5, 5.41) is 2.91. The second-order valence-corrected chi connectivity index (χ2v) is 6.83. The van der Waals surface area contributed by atoms with Gasteiger partial charge in [0, 0.05) is 19.2 Å². The van der Waals surface area contributed by atoms with Gasteiger partial charge >= 0.3 is 0 Å². The van der Waals surface area contributed by atoms with Gasteiger partial charge in [0.05, 0.1) is 17.2 Å². The van der Waals surface area contributed by atoms with Gasteiger partial charge in [-0.25, -0.2) is 0 Å². The van der Waals surface area contributed by atoms with Crippen molar-refractivity contribution in [3.63, 3.8) is 0 Å². The fourth-order valence-electron chi connectivity index (χ4n) is 2.24. The summed E-state index contributed by atoms with van der Waals surface area (Å²) >= 11 is 3.43. The zero-order valence-electron chi connectivity index (χ0n) is 15.3. The highest BCUT2D eigenvalue weighted by atomic mass is 79.9. The smallest absolute Gasteiger partial charge is 0.251 e. The minimum absolute atomic E-state index is 0.139. The Balaban J connectivity index is 1.90. The van der Waals surface area contributed by atoms with Crippen LogP contribution in [0.15, 0.2) is 46.9 Å². The van der Waals surface area contributed by atoms with E-state index in [2.05, 4.69) is 21.2 Å². The van der Waals surface area contributed by atoms with Crippen LogP contribution < -0.4 is 14.8 Å². The molecule has 0 heterocycles. The number of carbonyl (C=O) groups excluding carboxylic acids is 1. The van der Waals surface area contributed by atoms with Gasteiger partial charge < -0.3 is 19.5 Å². The molecule has 0 saturated heterocycles. The highest BCUT2D eigenvalue weighted by molar-refractivity contribution is 9.10. The first kappa shape index (κ1) is 20.3. The third kappa shape index (κ3) is 6.35. The van der Waals surface area contributed by atoms with E-state index in [9.17, 15) is 4.79 Å². The predicted octanol–water partition coefficient (Wildman–Crippen LogP) is 4.19. The summed E-state index contributed by atoms with van der Waals surface area (Å²) in [4.78, 5) is 12.3. The molecule has 0 fully saturated rings. The van der Waals surface area contributed by atoms with Crippen molar-refractivity contribution in [1.82, 2.24) is 5.32 Å². The van der Waals surface area contributed by atoms with E-state index < -0.39 is 0 Å². The second kappa shape index (κ2) is 10.2. The Kier molecular flexibility index (Phi) is 7.94. The molecule has 0 atom stereocenters. The molecular weight excluding hydrogens is 398 g/mol. The van der Waals surface area contributed by atoms with Crippen molar-refractivity contribution in [2.24, 2.45) is 0 Å². The number of ether oxygens (including phenoxy) is 3. The molecule has 0 unspecified atom stereocenters. The molecule has 0 bridgehead atoms. The molecule has 0 aliphatic heterocycles. The Hall–Kier alpha value is -2.05. The van der Waals surface area contributed by atoms with Crippen molar-refractivity contribution < 1.29 is 19.0 Å². The number of hydrogen-bond acceptors (Lipinski definition) is 4. The molecule has 2 rings (SSSR count). The van der Waals surface area contributed by atoms with Crippen LogP contribution in [-0.2, 0) is 11.3 Å². The fourth-order valence-corrected chi connectivity index (χ4v) is 2.73. The lowest BCUT2D eigenvalue weighted by molar-refractivity contribution is 0.0950. The van der Waals surface area contributed by atoms with Crippen LogP contribution in [0.5, 0.6) is 11.5 Å². The van der Waals surface area contributed by atoms with E-state index in [0.29, 0.717) is 31.1 Å². The number of benzene rings is 2. The second-order valence-electron chi connectivity index (χ2n) is 5.98. The molecule has 0 saturated carbocycles. The summed E-state index contributed by atoms with van der Waals surface area (Å²) in [7, 11) is 1.62. The van der Waals surface area contributed by atoms with Crippen LogP contribution in [0, 0.1) is 0 Å². The zero-order chi connectivity index (χ0) is 18.9. The van der Waals surface area contributed by atoms with Gasteiger partial charge in [0.15, 0.2) is 0 Å². The maximum Gasteiger partial charge on any atom is 0.251 e. The quantitative estimate of drug-likeness (QED) is 0.616. The normalized spacial score (nSPS) is 10.7. The number of carbonyl (C=O) groups is 1. The maximum absolute atomic E-state index is 12.3. The van der Waals surface area contributed by atoms with Crippen molar-refractivity contribution in [2.45, 2.75) is 26.5 Å². The highest BCUT2D eigenvalue weighted by Gasteiger charge is 2.09. The Morgan fingerprint density at radius 1 is 1.12 bits per heavy atom. The highest BCUT2D eigenvalue weighted by Crippen LogP contribution is 2.26. The van der Waals surface area contributed by atoms with Gasteiger partial charge in [-0.3, -0.25) is 4.79 Å². The Labute approximate surface area is 162 Å². The van der Waals surface area contributed by atoms with E-state index in [4.69, 9.17) is 14.2 Å². The first-order chi connectivity index (χ1) is 12.5. The van der Waals surface area contributed by atoms with Gasteiger partial charge in [-0.1, -0.05) is 12.1 Å². The van der Waals surface area contributed by atoms with Crippen LogP contribution in [0.25, 0.3) is 0 Å². The molecule has 2 aromatic carbocycles. The molecule has 0 spiro atoms. The SMILES string of the molecule is COCCOc1ccc(C(=O)NCc2ccc(OC(C)C)cc2)cc1Br. The Morgan fingerprint density at radius 3 is 2.46 bits per heavy atom. The average Bonchev–Trinajstić information content (AvgIpc) is 2.62. The summed E-state index contributed by atoms with van der Waals surface area (Å²) in [5.74, 6) is 1.36. The van der Waals surface area contributed by atoms with E-state index in [-0.39, 0.29) is 12.0 Å². The van der Waals surface area contributed by atoms with E-state index in [1.807, 2.05) is 38.1 Å². The molecule has 1 N–H and O–H groups in total. The van der Waals surface area contributed by atoms with Crippen LogP contribution in [0.4, 0.5) is 0 Å². The largest absolute Gasteiger partial charge is 0.491 e. The number of halogens is 1. The van der Waals surface area contributed by atoms with Crippen LogP contribution in [0.3, 0.4) is 0 Å². The summed E-state index contributed by atoms with van der Waals surface area (Å²) < 4.78 is 16.9. The summed E-state index contributed by atoms with van der Waals surface area (Å²) in [6, 6.07) is 13.0. The molecule has 0 radical (unpaired) electrons. The van der Waals surface area contributed by atoms with Crippen molar-refractivity contribution in [3.8, 4) is 11.5 Å².